The van der Waals surface area contributed by atoms with Crippen LogP contribution in [0.5, 0.6) is 11.6 Å². The molecule has 0 saturated carbocycles. The van der Waals surface area contributed by atoms with Crippen molar-refractivity contribution in [1.82, 2.24) is 15.3 Å². The molecule has 1 amide bonds. The minimum atomic E-state index is -0.163. The van der Waals surface area contributed by atoms with Crippen molar-refractivity contribution in [3.05, 3.63) is 83.3 Å². The summed E-state index contributed by atoms with van der Waals surface area (Å²) in [5, 5.41) is 2.84. The van der Waals surface area contributed by atoms with Crippen molar-refractivity contribution in [3.63, 3.8) is 0 Å². The Hall–Kier alpha value is -3.21. The Bertz CT molecular complexity index is 862. The average molecular weight is 333 g/mol. The van der Waals surface area contributed by atoms with E-state index in [1.54, 1.807) is 30.6 Å². The Morgan fingerprint density at radius 2 is 2.00 bits per heavy atom. The van der Waals surface area contributed by atoms with E-state index in [9.17, 15) is 4.79 Å². The number of ether oxygens (including phenoxy) is 1. The number of aryl methyl sites for hydroxylation is 2. The molecular weight excluding hydrogens is 314 g/mol. The van der Waals surface area contributed by atoms with Crippen molar-refractivity contribution in [2.45, 2.75) is 20.4 Å². The van der Waals surface area contributed by atoms with E-state index in [4.69, 9.17) is 4.74 Å². The minimum absolute atomic E-state index is 0.163. The molecule has 0 spiro atoms. The van der Waals surface area contributed by atoms with Crippen LogP contribution in [0.4, 0.5) is 0 Å². The molecule has 5 nitrogen and oxygen atoms in total. The summed E-state index contributed by atoms with van der Waals surface area (Å²) < 4.78 is 5.83. The van der Waals surface area contributed by atoms with E-state index < -0.39 is 0 Å². The van der Waals surface area contributed by atoms with E-state index in [0.717, 1.165) is 22.4 Å². The SMILES string of the molecule is Cc1ccc(C)c(Oc2ccc(CNC(=O)c3cccnc3)cn2)c1. The van der Waals surface area contributed by atoms with Gasteiger partial charge in [-0.2, -0.15) is 0 Å². The van der Waals surface area contributed by atoms with Gasteiger partial charge in [-0.05, 0) is 48.7 Å². The van der Waals surface area contributed by atoms with Crippen molar-refractivity contribution in [1.29, 1.82) is 0 Å². The first kappa shape index (κ1) is 16.6. The van der Waals surface area contributed by atoms with Gasteiger partial charge in [0, 0.05) is 31.2 Å². The molecule has 0 fully saturated rings. The summed E-state index contributed by atoms with van der Waals surface area (Å²) in [4.78, 5) is 20.2. The third kappa shape index (κ3) is 4.41. The number of nitrogens with zero attached hydrogens (tertiary/aromatic N) is 2. The zero-order valence-electron chi connectivity index (χ0n) is 14.2. The molecule has 1 aromatic carbocycles. The molecule has 25 heavy (non-hydrogen) atoms. The number of rotatable bonds is 5. The lowest BCUT2D eigenvalue weighted by atomic mass is 10.1. The van der Waals surface area contributed by atoms with Crippen LogP contribution in [0, 0.1) is 13.8 Å². The van der Waals surface area contributed by atoms with Crippen molar-refractivity contribution in [2.75, 3.05) is 0 Å². The highest BCUT2D eigenvalue weighted by molar-refractivity contribution is 5.93. The molecular formula is C20H19N3O2. The van der Waals surface area contributed by atoms with E-state index in [1.807, 2.05) is 38.1 Å². The lowest BCUT2D eigenvalue weighted by molar-refractivity contribution is 0.0950. The first-order valence-electron chi connectivity index (χ1n) is 8.00. The summed E-state index contributed by atoms with van der Waals surface area (Å²) in [6.45, 7) is 4.41. The average Bonchev–Trinajstić information content (AvgIpc) is 2.64. The van der Waals surface area contributed by atoms with Gasteiger partial charge in [0.25, 0.3) is 5.91 Å². The van der Waals surface area contributed by atoms with Gasteiger partial charge in [0.1, 0.15) is 5.75 Å². The number of pyridine rings is 2. The van der Waals surface area contributed by atoms with Crippen molar-refractivity contribution >= 4 is 5.91 Å². The summed E-state index contributed by atoms with van der Waals surface area (Å²) in [5.74, 6) is 1.16. The Kier molecular flexibility index (Phi) is 5.04. The summed E-state index contributed by atoms with van der Waals surface area (Å²) in [6.07, 6.45) is 4.87. The molecule has 5 heteroatoms. The van der Waals surface area contributed by atoms with E-state index >= 15 is 0 Å². The number of amides is 1. The van der Waals surface area contributed by atoms with Gasteiger partial charge >= 0.3 is 0 Å². The minimum Gasteiger partial charge on any atom is -0.439 e. The van der Waals surface area contributed by atoms with Crippen LogP contribution < -0.4 is 10.1 Å². The number of carbonyl (C=O) groups is 1. The van der Waals surface area contributed by atoms with E-state index in [0.29, 0.717) is 18.0 Å². The number of aromatic nitrogens is 2. The fourth-order valence-electron chi connectivity index (χ4n) is 2.29. The molecule has 0 atom stereocenters. The molecule has 1 N–H and O–H groups in total. The second-order valence-corrected chi connectivity index (χ2v) is 5.80. The standard InChI is InChI=1S/C20H19N3O2/c1-14-5-6-15(2)18(10-14)25-19-8-7-16(11-22-19)12-23-20(24)17-4-3-9-21-13-17/h3-11,13H,12H2,1-2H3,(H,23,24). The summed E-state index contributed by atoms with van der Waals surface area (Å²) in [6, 6.07) is 13.2. The second kappa shape index (κ2) is 7.57. The van der Waals surface area contributed by atoms with Crippen molar-refractivity contribution in [3.8, 4) is 11.6 Å². The van der Waals surface area contributed by atoms with Crippen LogP contribution in [0.2, 0.25) is 0 Å². The van der Waals surface area contributed by atoms with Gasteiger partial charge in [-0.25, -0.2) is 4.98 Å². The van der Waals surface area contributed by atoms with Crippen molar-refractivity contribution < 1.29 is 9.53 Å². The maximum Gasteiger partial charge on any atom is 0.253 e. The van der Waals surface area contributed by atoms with E-state index in [2.05, 4.69) is 15.3 Å². The van der Waals surface area contributed by atoms with Gasteiger partial charge in [-0.15, -0.1) is 0 Å². The van der Waals surface area contributed by atoms with Gasteiger partial charge in [-0.3, -0.25) is 9.78 Å². The zero-order valence-corrected chi connectivity index (χ0v) is 14.2. The van der Waals surface area contributed by atoms with Crippen LogP contribution in [0.25, 0.3) is 0 Å². The highest BCUT2D eigenvalue weighted by Crippen LogP contribution is 2.24. The predicted octanol–water partition coefficient (Wildman–Crippen LogP) is 3.82. The fourth-order valence-corrected chi connectivity index (χ4v) is 2.29. The Morgan fingerprint density at radius 1 is 1.12 bits per heavy atom. The highest BCUT2D eigenvalue weighted by atomic mass is 16.5. The quantitative estimate of drug-likeness (QED) is 0.771. The monoisotopic (exact) mass is 333 g/mol. The van der Waals surface area contributed by atoms with Gasteiger partial charge in [0.05, 0.1) is 5.56 Å². The number of hydrogen-bond donors (Lipinski definition) is 1. The molecule has 126 valence electrons. The number of hydrogen-bond acceptors (Lipinski definition) is 4. The number of nitrogens with one attached hydrogen (secondary N) is 1. The third-order valence-corrected chi connectivity index (χ3v) is 3.73. The van der Waals surface area contributed by atoms with E-state index in [1.165, 1.54) is 6.20 Å². The predicted molar refractivity (Wildman–Crippen MR) is 95.6 cm³/mol. The number of benzene rings is 1. The maximum atomic E-state index is 12.0. The molecule has 0 aliphatic heterocycles. The van der Waals surface area contributed by atoms with Crippen LogP contribution in [0.3, 0.4) is 0 Å². The van der Waals surface area contributed by atoms with Crippen LogP contribution in [0.1, 0.15) is 27.0 Å². The largest absolute Gasteiger partial charge is 0.439 e. The van der Waals surface area contributed by atoms with Gasteiger partial charge in [0.2, 0.25) is 5.88 Å². The molecule has 3 aromatic rings. The van der Waals surface area contributed by atoms with Crippen LogP contribution >= 0.6 is 0 Å². The lowest BCUT2D eigenvalue weighted by Crippen LogP contribution is -2.22. The first-order valence-corrected chi connectivity index (χ1v) is 8.00. The summed E-state index contributed by atoms with van der Waals surface area (Å²) in [7, 11) is 0. The molecule has 3 rings (SSSR count). The van der Waals surface area contributed by atoms with Crippen LogP contribution in [-0.2, 0) is 6.54 Å². The maximum absolute atomic E-state index is 12.0. The summed E-state index contributed by atoms with van der Waals surface area (Å²) >= 11 is 0. The smallest absolute Gasteiger partial charge is 0.253 e. The zero-order chi connectivity index (χ0) is 17.6. The van der Waals surface area contributed by atoms with Gasteiger partial charge < -0.3 is 10.1 Å². The second-order valence-electron chi connectivity index (χ2n) is 5.80. The molecule has 0 bridgehead atoms. The highest BCUT2D eigenvalue weighted by Gasteiger charge is 2.06. The fraction of sp³-hybridized carbons (Fsp3) is 0.150. The van der Waals surface area contributed by atoms with Crippen LogP contribution in [0.15, 0.2) is 61.1 Å². The topological polar surface area (TPSA) is 64.1 Å². The van der Waals surface area contributed by atoms with Crippen molar-refractivity contribution in [2.24, 2.45) is 0 Å². The Labute approximate surface area is 146 Å². The molecule has 0 radical (unpaired) electrons. The Balaban J connectivity index is 1.60. The lowest BCUT2D eigenvalue weighted by Gasteiger charge is -2.09. The van der Waals surface area contributed by atoms with Gasteiger partial charge in [-0.1, -0.05) is 18.2 Å². The van der Waals surface area contributed by atoms with Crippen LogP contribution in [-0.4, -0.2) is 15.9 Å². The van der Waals surface area contributed by atoms with Gasteiger partial charge in [0.15, 0.2) is 0 Å². The normalized spacial score (nSPS) is 10.3. The van der Waals surface area contributed by atoms with E-state index in [-0.39, 0.29) is 5.91 Å². The Morgan fingerprint density at radius 3 is 2.72 bits per heavy atom. The molecule has 0 aliphatic rings. The molecule has 2 aromatic heterocycles. The molecule has 0 unspecified atom stereocenters. The molecule has 0 aliphatic carbocycles. The third-order valence-electron chi connectivity index (χ3n) is 3.73. The molecule has 2 heterocycles. The first-order chi connectivity index (χ1) is 12.1. The number of carbonyl (C=O) groups excluding carboxylic acids is 1. The molecule has 0 saturated heterocycles. The summed E-state index contributed by atoms with van der Waals surface area (Å²) in [5.41, 5.74) is 3.62.